The van der Waals surface area contributed by atoms with E-state index in [4.69, 9.17) is 11.6 Å². The van der Waals surface area contributed by atoms with Crippen LogP contribution in [-0.2, 0) is 0 Å². The summed E-state index contributed by atoms with van der Waals surface area (Å²) >= 11 is 6.83. The van der Waals surface area contributed by atoms with E-state index in [9.17, 15) is 0 Å². The zero-order chi connectivity index (χ0) is 17.6. The maximum absolute atomic E-state index is 6.83. The van der Waals surface area contributed by atoms with Gasteiger partial charge in [0, 0.05) is 23.2 Å². The van der Waals surface area contributed by atoms with Crippen LogP contribution in [0.1, 0.15) is 40.7 Å². The van der Waals surface area contributed by atoms with E-state index in [1.807, 2.05) is 0 Å². The number of rotatable bonds is 4. The average Bonchev–Trinajstić information content (AvgIpc) is 3.05. The molecular formula is C22H26ClN. The Morgan fingerprint density at radius 3 is 2.21 bits per heavy atom. The van der Waals surface area contributed by atoms with Crippen molar-refractivity contribution in [2.75, 3.05) is 5.32 Å². The molecule has 1 saturated carbocycles. The second-order valence-electron chi connectivity index (χ2n) is 7.48. The summed E-state index contributed by atoms with van der Waals surface area (Å²) in [5, 5.41) is 3.48. The Morgan fingerprint density at radius 1 is 1.00 bits per heavy atom. The molecule has 0 spiro atoms. The van der Waals surface area contributed by atoms with Gasteiger partial charge in [-0.2, -0.15) is 0 Å². The Labute approximate surface area is 150 Å². The Hall–Kier alpha value is -1.73. The van der Waals surface area contributed by atoms with Crippen LogP contribution in [0.2, 0.25) is 0 Å². The Bertz CT molecular complexity index is 783. The van der Waals surface area contributed by atoms with Crippen molar-refractivity contribution >= 4 is 17.3 Å². The molecule has 1 fully saturated rings. The summed E-state index contributed by atoms with van der Waals surface area (Å²) in [6, 6.07) is 13.1. The van der Waals surface area contributed by atoms with Gasteiger partial charge in [-0.15, -0.1) is 11.6 Å². The Morgan fingerprint density at radius 2 is 1.62 bits per heavy atom. The van der Waals surface area contributed by atoms with Gasteiger partial charge >= 0.3 is 0 Å². The maximum atomic E-state index is 6.83. The lowest BCUT2D eigenvalue weighted by Crippen LogP contribution is -2.05. The molecular weight excluding hydrogens is 314 g/mol. The van der Waals surface area contributed by atoms with E-state index in [1.54, 1.807) is 0 Å². The van der Waals surface area contributed by atoms with Gasteiger partial charge < -0.3 is 5.32 Å². The largest absolute Gasteiger partial charge is 0.359 e. The van der Waals surface area contributed by atoms with Crippen LogP contribution in [0.25, 0.3) is 0 Å². The standard InChI is InChI=1S/C22H26ClN/c1-13-9-14(2)11-18(10-13)21-20(22(21,6)23)17(5)24-19-8-7-15(3)16(4)12-19/h7-12,20-21,24H,5H2,1-4,6H3. The molecule has 3 rings (SSSR count). The summed E-state index contributed by atoms with van der Waals surface area (Å²) in [6.45, 7) is 14.9. The molecule has 0 aliphatic heterocycles. The summed E-state index contributed by atoms with van der Waals surface area (Å²) < 4.78 is 0. The lowest BCUT2D eigenvalue weighted by Gasteiger charge is -2.12. The zero-order valence-corrected chi connectivity index (χ0v) is 16.0. The molecule has 0 saturated heterocycles. The van der Waals surface area contributed by atoms with Gasteiger partial charge in [-0.1, -0.05) is 42.0 Å². The van der Waals surface area contributed by atoms with Crippen molar-refractivity contribution in [2.24, 2.45) is 5.92 Å². The number of allylic oxidation sites excluding steroid dienone is 1. The van der Waals surface area contributed by atoms with Gasteiger partial charge in [0.2, 0.25) is 0 Å². The number of benzene rings is 2. The van der Waals surface area contributed by atoms with E-state index in [0.717, 1.165) is 11.4 Å². The molecule has 0 radical (unpaired) electrons. The van der Waals surface area contributed by atoms with Gasteiger partial charge in [-0.05, 0) is 63.4 Å². The van der Waals surface area contributed by atoms with E-state index in [1.165, 1.54) is 27.8 Å². The van der Waals surface area contributed by atoms with E-state index >= 15 is 0 Å². The SMILES string of the molecule is C=C(Nc1ccc(C)c(C)c1)C1C(c2cc(C)cc(C)c2)C1(C)Cl. The average molecular weight is 340 g/mol. The van der Waals surface area contributed by atoms with Crippen LogP contribution >= 0.6 is 11.6 Å². The van der Waals surface area contributed by atoms with Crippen LogP contribution in [0.4, 0.5) is 5.69 Å². The molecule has 24 heavy (non-hydrogen) atoms. The Balaban J connectivity index is 1.81. The highest BCUT2D eigenvalue weighted by Crippen LogP contribution is 2.64. The van der Waals surface area contributed by atoms with Crippen molar-refractivity contribution in [1.29, 1.82) is 0 Å². The van der Waals surface area contributed by atoms with Crippen molar-refractivity contribution in [2.45, 2.75) is 45.4 Å². The summed E-state index contributed by atoms with van der Waals surface area (Å²) in [5.74, 6) is 0.547. The van der Waals surface area contributed by atoms with Gasteiger partial charge in [0.05, 0.1) is 4.87 Å². The van der Waals surface area contributed by atoms with Crippen molar-refractivity contribution < 1.29 is 0 Å². The fourth-order valence-corrected chi connectivity index (χ4v) is 4.26. The molecule has 1 N–H and O–H groups in total. The number of aryl methyl sites for hydroxylation is 4. The minimum absolute atomic E-state index is 0.238. The number of hydrogen-bond donors (Lipinski definition) is 1. The lowest BCUT2D eigenvalue weighted by molar-refractivity contribution is 0.898. The Kier molecular flexibility index (Phi) is 4.25. The molecule has 1 aliphatic rings. The highest BCUT2D eigenvalue weighted by atomic mass is 35.5. The fraction of sp³-hybridized carbons (Fsp3) is 0.364. The highest BCUT2D eigenvalue weighted by Gasteiger charge is 2.62. The smallest absolute Gasteiger partial charge is 0.0582 e. The van der Waals surface area contributed by atoms with Gasteiger partial charge in [0.25, 0.3) is 0 Å². The third-order valence-electron chi connectivity index (χ3n) is 5.23. The van der Waals surface area contributed by atoms with Crippen LogP contribution in [0, 0.1) is 33.6 Å². The van der Waals surface area contributed by atoms with Gasteiger partial charge in [-0.25, -0.2) is 0 Å². The summed E-state index contributed by atoms with van der Waals surface area (Å²) in [4.78, 5) is -0.274. The first kappa shape index (κ1) is 17.1. The molecule has 0 bridgehead atoms. The first-order valence-corrected chi connectivity index (χ1v) is 8.88. The fourth-order valence-electron chi connectivity index (χ4n) is 3.81. The molecule has 0 amide bonds. The molecule has 1 nitrogen and oxygen atoms in total. The van der Waals surface area contributed by atoms with Crippen molar-refractivity contribution in [3.63, 3.8) is 0 Å². The van der Waals surface area contributed by atoms with Crippen molar-refractivity contribution in [3.05, 3.63) is 76.5 Å². The van der Waals surface area contributed by atoms with Crippen molar-refractivity contribution in [1.82, 2.24) is 0 Å². The van der Waals surface area contributed by atoms with Crippen molar-refractivity contribution in [3.8, 4) is 0 Å². The maximum Gasteiger partial charge on any atom is 0.0582 e. The molecule has 2 aromatic carbocycles. The topological polar surface area (TPSA) is 12.0 Å². The predicted molar refractivity (Wildman–Crippen MR) is 105 cm³/mol. The number of alkyl halides is 1. The van der Waals surface area contributed by atoms with E-state index in [2.05, 4.69) is 82.9 Å². The number of anilines is 1. The van der Waals surface area contributed by atoms with Crippen LogP contribution in [0.15, 0.2) is 48.7 Å². The minimum Gasteiger partial charge on any atom is -0.359 e. The first-order chi connectivity index (χ1) is 11.2. The summed E-state index contributed by atoms with van der Waals surface area (Å²) in [5.41, 5.74) is 8.56. The lowest BCUT2D eigenvalue weighted by atomic mass is 10.0. The zero-order valence-electron chi connectivity index (χ0n) is 15.2. The van der Waals surface area contributed by atoms with Crippen LogP contribution in [0.3, 0.4) is 0 Å². The van der Waals surface area contributed by atoms with E-state index < -0.39 is 0 Å². The molecule has 2 aromatic rings. The normalized spacial score (nSPS) is 25.4. The molecule has 0 heterocycles. The number of hydrogen-bond acceptors (Lipinski definition) is 1. The minimum atomic E-state index is -0.274. The molecule has 0 aromatic heterocycles. The third-order valence-corrected chi connectivity index (χ3v) is 5.70. The van der Waals surface area contributed by atoms with Gasteiger partial charge in [-0.3, -0.25) is 0 Å². The summed E-state index contributed by atoms with van der Waals surface area (Å²) in [7, 11) is 0. The molecule has 3 atom stereocenters. The molecule has 1 aliphatic carbocycles. The van der Waals surface area contributed by atoms with Gasteiger partial charge in [0.1, 0.15) is 0 Å². The van der Waals surface area contributed by atoms with E-state index in [0.29, 0.717) is 5.92 Å². The monoisotopic (exact) mass is 339 g/mol. The number of halogens is 1. The van der Waals surface area contributed by atoms with E-state index in [-0.39, 0.29) is 10.8 Å². The second-order valence-corrected chi connectivity index (χ2v) is 8.29. The first-order valence-electron chi connectivity index (χ1n) is 8.50. The number of nitrogens with one attached hydrogen (secondary N) is 1. The third kappa shape index (κ3) is 3.10. The molecule has 3 unspecified atom stereocenters. The predicted octanol–water partition coefficient (Wildman–Crippen LogP) is 6.26. The summed E-state index contributed by atoms with van der Waals surface area (Å²) in [6.07, 6.45) is 0. The second kappa shape index (κ2) is 5.97. The van der Waals surface area contributed by atoms with Crippen LogP contribution in [0.5, 0.6) is 0 Å². The highest BCUT2D eigenvalue weighted by molar-refractivity contribution is 6.27. The van der Waals surface area contributed by atoms with Gasteiger partial charge in [0.15, 0.2) is 0 Å². The molecule has 126 valence electrons. The van der Waals surface area contributed by atoms with Crippen LogP contribution < -0.4 is 5.32 Å². The molecule has 2 heteroatoms. The van der Waals surface area contributed by atoms with Crippen LogP contribution in [-0.4, -0.2) is 4.87 Å². The quantitative estimate of drug-likeness (QED) is 0.648.